The predicted octanol–water partition coefficient (Wildman–Crippen LogP) is 3.45. The number of imidazole rings is 1. The van der Waals surface area contributed by atoms with Gasteiger partial charge in [0.15, 0.2) is 0 Å². The number of aromatic nitrogens is 2. The fourth-order valence-corrected chi connectivity index (χ4v) is 2.93. The summed E-state index contributed by atoms with van der Waals surface area (Å²) in [5.41, 5.74) is 8.32. The zero-order valence-electron chi connectivity index (χ0n) is 11.7. The number of hydrogen-bond acceptors (Lipinski definition) is 3. The van der Waals surface area contributed by atoms with Gasteiger partial charge in [0, 0.05) is 19.8 Å². The first-order chi connectivity index (χ1) is 9.72. The summed E-state index contributed by atoms with van der Waals surface area (Å²) in [5.74, 6) is 0.965. The van der Waals surface area contributed by atoms with E-state index in [0.717, 1.165) is 41.3 Å². The third-order valence-corrected chi connectivity index (χ3v) is 4.10. The van der Waals surface area contributed by atoms with Crippen LogP contribution in [0.15, 0.2) is 18.2 Å². The van der Waals surface area contributed by atoms with E-state index < -0.39 is 0 Å². The number of para-hydroxylation sites is 1. The summed E-state index contributed by atoms with van der Waals surface area (Å²) in [6, 6.07) is 6.32. The number of hydrogen-bond donors (Lipinski definition) is 1. The van der Waals surface area contributed by atoms with Crippen molar-refractivity contribution in [1.82, 2.24) is 9.55 Å². The van der Waals surface area contributed by atoms with Gasteiger partial charge in [-0.2, -0.15) is 0 Å². The second kappa shape index (κ2) is 5.72. The second-order valence-electron chi connectivity index (χ2n) is 5.42. The molecule has 0 amide bonds. The maximum absolute atomic E-state index is 6.36. The Balaban J connectivity index is 1.97. The van der Waals surface area contributed by atoms with E-state index in [1.807, 2.05) is 18.2 Å². The molecule has 1 saturated carbocycles. The largest absolute Gasteiger partial charge is 0.385 e. The lowest BCUT2D eigenvalue weighted by atomic mass is 10.1. The number of fused-ring (bicyclic) bond motifs is 1. The SMILES string of the molecule is COCCCC(N)c1nc2cccc(Cl)c2n1C1CC1. The molecule has 0 aliphatic heterocycles. The molecule has 1 atom stereocenters. The molecule has 0 spiro atoms. The number of rotatable bonds is 6. The van der Waals surface area contributed by atoms with Crippen molar-refractivity contribution in [2.24, 2.45) is 5.73 Å². The number of nitrogens with two attached hydrogens (primary N) is 1. The molecule has 0 saturated heterocycles. The summed E-state index contributed by atoms with van der Waals surface area (Å²) >= 11 is 6.36. The third-order valence-electron chi connectivity index (χ3n) is 3.80. The average molecular weight is 294 g/mol. The first kappa shape index (κ1) is 13.9. The molecule has 1 heterocycles. The van der Waals surface area contributed by atoms with E-state index in [-0.39, 0.29) is 6.04 Å². The van der Waals surface area contributed by atoms with Crippen molar-refractivity contribution in [3.63, 3.8) is 0 Å². The standard InChI is InChI=1S/C15H20ClN3O/c1-20-9-3-5-12(17)15-18-13-6-2-4-11(16)14(13)19(15)10-7-8-10/h2,4,6,10,12H,3,5,7-9,17H2,1H3. The summed E-state index contributed by atoms with van der Waals surface area (Å²) in [7, 11) is 1.71. The van der Waals surface area contributed by atoms with Crippen molar-refractivity contribution >= 4 is 22.6 Å². The highest BCUT2D eigenvalue weighted by atomic mass is 35.5. The maximum atomic E-state index is 6.36. The van der Waals surface area contributed by atoms with Crippen LogP contribution < -0.4 is 5.73 Å². The minimum Gasteiger partial charge on any atom is -0.385 e. The van der Waals surface area contributed by atoms with Gasteiger partial charge in [-0.25, -0.2) is 4.98 Å². The fourth-order valence-electron chi connectivity index (χ4n) is 2.67. The minimum atomic E-state index is -0.0609. The van der Waals surface area contributed by atoms with Gasteiger partial charge in [-0.3, -0.25) is 0 Å². The fraction of sp³-hybridized carbons (Fsp3) is 0.533. The quantitative estimate of drug-likeness (QED) is 0.830. The van der Waals surface area contributed by atoms with Crippen molar-refractivity contribution in [3.8, 4) is 0 Å². The lowest BCUT2D eigenvalue weighted by molar-refractivity contribution is 0.190. The van der Waals surface area contributed by atoms with Crippen LogP contribution in [0.5, 0.6) is 0 Å². The van der Waals surface area contributed by atoms with Crippen molar-refractivity contribution in [1.29, 1.82) is 0 Å². The summed E-state index contributed by atoms with van der Waals surface area (Å²) < 4.78 is 7.35. The molecule has 2 aromatic rings. The zero-order chi connectivity index (χ0) is 14.1. The third kappa shape index (κ3) is 2.55. The van der Waals surface area contributed by atoms with Gasteiger partial charge in [-0.05, 0) is 37.8 Å². The number of halogens is 1. The summed E-state index contributed by atoms with van der Waals surface area (Å²) in [4.78, 5) is 4.73. The van der Waals surface area contributed by atoms with Crippen LogP contribution >= 0.6 is 11.6 Å². The molecule has 1 unspecified atom stereocenters. The number of ether oxygens (including phenoxy) is 1. The second-order valence-corrected chi connectivity index (χ2v) is 5.83. The van der Waals surface area contributed by atoms with Gasteiger partial charge in [0.25, 0.3) is 0 Å². The van der Waals surface area contributed by atoms with Crippen LogP contribution in [-0.4, -0.2) is 23.3 Å². The first-order valence-electron chi connectivity index (χ1n) is 7.13. The highest BCUT2D eigenvalue weighted by Crippen LogP contribution is 2.41. The molecule has 0 radical (unpaired) electrons. The van der Waals surface area contributed by atoms with Gasteiger partial charge >= 0.3 is 0 Å². The summed E-state index contributed by atoms with van der Waals surface area (Å²) in [5, 5.41) is 0.761. The summed E-state index contributed by atoms with van der Waals surface area (Å²) in [6.45, 7) is 0.734. The number of benzene rings is 1. The zero-order valence-corrected chi connectivity index (χ0v) is 12.4. The van der Waals surface area contributed by atoms with Crippen molar-refractivity contribution in [2.75, 3.05) is 13.7 Å². The van der Waals surface area contributed by atoms with E-state index in [2.05, 4.69) is 4.57 Å². The Labute approximate surface area is 123 Å². The Morgan fingerprint density at radius 1 is 1.50 bits per heavy atom. The van der Waals surface area contributed by atoms with Gasteiger partial charge in [0.1, 0.15) is 5.82 Å². The normalized spacial score (nSPS) is 16.8. The topological polar surface area (TPSA) is 53.1 Å². The summed E-state index contributed by atoms with van der Waals surface area (Å²) in [6.07, 6.45) is 4.20. The Hall–Kier alpha value is -1.10. The smallest absolute Gasteiger partial charge is 0.127 e. The first-order valence-corrected chi connectivity index (χ1v) is 7.51. The van der Waals surface area contributed by atoms with Crippen LogP contribution in [0.4, 0.5) is 0 Å². The maximum Gasteiger partial charge on any atom is 0.127 e. The van der Waals surface area contributed by atoms with Crippen molar-refractivity contribution in [3.05, 3.63) is 29.0 Å². The van der Waals surface area contributed by atoms with Crippen LogP contribution in [-0.2, 0) is 4.74 Å². The molecular weight excluding hydrogens is 274 g/mol. The monoisotopic (exact) mass is 293 g/mol. The molecule has 2 N–H and O–H groups in total. The molecule has 108 valence electrons. The predicted molar refractivity (Wildman–Crippen MR) is 81.1 cm³/mol. The molecule has 1 aliphatic carbocycles. The lowest BCUT2D eigenvalue weighted by Gasteiger charge is -2.14. The van der Waals surface area contributed by atoms with Gasteiger partial charge in [-0.1, -0.05) is 17.7 Å². The van der Waals surface area contributed by atoms with Gasteiger partial charge in [-0.15, -0.1) is 0 Å². The molecule has 5 heteroatoms. The van der Waals surface area contributed by atoms with E-state index in [1.54, 1.807) is 7.11 Å². The van der Waals surface area contributed by atoms with Crippen LogP contribution in [0, 0.1) is 0 Å². The molecule has 0 bridgehead atoms. The molecule has 1 aliphatic rings. The van der Waals surface area contributed by atoms with E-state index in [1.165, 1.54) is 12.8 Å². The molecule has 1 aromatic carbocycles. The van der Waals surface area contributed by atoms with E-state index in [4.69, 9.17) is 27.1 Å². The van der Waals surface area contributed by atoms with Crippen molar-refractivity contribution in [2.45, 2.75) is 37.8 Å². The minimum absolute atomic E-state index is 0.0609. The average Bonchev–Trinajstić information content (AvgIpc) is 3.19. The molecular formula is C15H20ClN3O. The van der Waals surface area contributed by atoms with Gasteiger partial charge in [0.2, 0.25) is 0 Å². The Morgan fingerprint density at radius 3 is 3.00 bits per heavy atom. The van der Waals surface area contributed by atoms with Gasteiger partial charge < -0.3 is 15.0 Å². The van der Waals surface area contributed by atoms with Crippen LogP contribution in [0.1, 0.15) is 43.6 Å². The van der Waals surface area contributed by atoms with E-state index >= 15 is 0 Å². The van der Waals surface area contributed by atoms with Crippen molar-refractivity contribution < 1.29 is 4.74 Å². The van der Waals surface area contributed by atoms with Crippen LogP contribution in [0.2, 0.25) is 5.02 Å². The van der Waals surface area contributed by atoms with Crippen LogP contribution in [0.25, 0.3) is 11.0 Å². The Kier molecular flexibility index (Phi) is 3.96. The number of nitrogens with zero attached hydrogens (tertiary/aromatic N) is 2. The highest BCUT2D eigenvalue weighted by molar-refractivity contribution is 6.35. The van der Waals surface area contributed by atoms with Crippen LogP contribution in [0.3, 0.4) is 0 Å². The van der Waals surface area contributed by atoms with E-state index in [9.17, 15) is 0 Å². The lowest BCUT2D eigenvalue weighted by Crippen LogP contribution is -2.17. The highest BCUT2D eigenvalue weighted by Gasteiger charge is 2.30. The molecule has 1 aromatic heterocycles. The molecule has 4 nitrogen and oxygen atoms in total. The van der Waals surface area contributed by atoms with Gasteiger partial charge in [0.05, 0.1) is 22.1 Å². The Bertz CT molecular complexity index is 606. The molecule has 20 heavy (non-hydrogen) atoms. The Morgan fingerprint density at radius 2 is 2.30 bits per heavy atom. The molecule has 3 rings (SSSR count). The number of methoxy groups -OCH3 is 1. The molecule has 1 fully saturated rings. The van der Waals surface area contributed by atoms with E-state index in [0.29, 0.717) is 6.04 Å².